The lowest BCUT2D eigenvalue weighted by molar-refractivity contribution is -0.136. The summed E-state index contributed by atoms with van der Waals surface area (Å²) in [5.74, 6) is -16.2. The van der Waals surface area contributed by atoms with E-state index in [-0.39, 0.29) is 71.7 Å². The van der Waals surface area contributed by atoms with Crippen LogP contribution in [0.25, 0.3) is 0 Å². The molecule has 1 aromatic carbocycles. The van der Waals surface area contributed by atoms with Crippen LogP contribution in [0.15, 0.2) is 0 Å². The van der Waals surface area contributed by atoms with Crippen molar-refractivity contribution in [2.24, 2.45) is 17.2 Å². The predicted molar refractivity (Wildman–Crippen MR) is 194 cm³/mol. The third kappa shape index (κ3) is 21.9. The zero-order valence-corrected chi connectivity index (χ0v) is 31.9. The summed E-state index contributed by atoms with van der Waals surface area (Å²) in [4.78, 5) is 62.2. The second kappa shape index (κ2) is 31.0. The van der Waals surface area contributed by atoms with Crippen molar-refractivity contribution in [1.29, 1.82) is 0 Å². The Hall–Kier alpha value is -4.06. The first-order valence-electron chi connectivity index (χ1n) is 18.6. The zero-order chi connectivity index (χ0) is 42.4. The van der Waals surface area contributed by atoms with E-state index in [1.54, 1.807) is 0 Å². The number of esters is 1. The van der Waals surface area contributed by atoms with Crippen LogP contribution in [-0.4, -0.2) is 127 Å². The van der Waals surface area contributed by atoms with E-state index in [9.17, 15) is 45.9 Å². The number of nitrogens with two attached hydrogens (primary N) is 3. The Bertz CT molecular complexity index is 1360. The molecule has 0 fully saturated rings. The van der Waals surface area contributed by atoms with Gasteiger partial charge in [-0.05, 0) is 64.6 Å². The topological polar surface area (TPSA) is 258 Å². The Kier molecular flexibility index (Phi) is 27.7. The van der Waals surface area contributed by atoms with E-state index < -0.39 is 83.6 Å². The van der Waals surface area contributed by atoms with Gasteiger partial charge in [-0.15, -0.1) is 0 Å². The first-order chi connectivity index (χ1) is 27.4. The van der Waals surface area contributed by atoms with Gasteiger partial charge in [0.25, 0.3) is 0 Å². The number of carbonyl (C=O) groups is 5. The van der Waals surface area contributed by atoms with Gasteiger partial charge < -0.3 is 62.2 Å². The van der Waals surface area contributed by atoms with Gasteiger partial charge >= 0.3 is 5.97 Å². The van der Waals surface area contributed by atoms with Gasteiger partial charge in [0, 0.05) is 13.0 Å². The average Bonchev–Trinajstić information content (AvgIpc) is 3.19. The van der Waals surface area contributed by atoms with Crippen LogP contribution in [0, 0.1) is 29.1 Å². The highest BCUT2D eigenvalue weighted by Gasteiger charge is 2.29. The van der Waals surface area contributed by atoms with E-state index in [0.29, 0.717) is 64.6 Å². The van der Waals surface area contributed by atoms with E-state index in [1.807, 2.05) is 0 Å². The summed E-state index contributed by atoms with van der Waals surface area (Å²) in [6, 6.07) is -1.73. The Morgan fingerprint density at radius 1 is 0.509 bits per heavy atom. The highest BCUT2D eigenvalue weighted by atomic mass is 19.2. The highest BCUT2D eigenvalue weighted by Crippen LogP contribution is 2.29. The molecule has 22 heteroatoms. The van der Waals surface area contributed by atoms with Gasteiger partial charge in [-0.25, -0.2) is 13.2 Å². The van der Waals surface area contributed by atoms with Gasteiger partial charge in [0.15, 0.2) is 0 Å². The fraction of sp³-hybridized carbons (Fsp3) is 0.686. The first kappa shape index (κ1) is 51.0. The third-order valence-electron chi connectivity index (χ3n) is 7.73. The number of ether oxygens (including phenoxy) is 5. The molecule has 4 amide bonds. The Morgan fingerprint density at radius 3 is 1.46 bits per heavy atom. The number of hydrogen-bond acceptors (Lipinski definition) is 13. The largest absolute Gasteiger partial charge is 0.420 e. The number of carbonyl (C=O) groups excluding carboxylic acids is 5. The van der Waals surface area contributed by atoms with Crippen LogP contribution >= 0.6 is 0 Å². The van der Waals surface area contributed by atoms with E-state index in [4.69, 9.17) is 36.1 Å². The van der Waals surface area contributed by atoms with Crippen LogP contribution in [0.2, 0.25) is 0 Å². The smallest absolute Gasteiger partial charge is 0.313 e. The predicted octanol–water partition coefficient (Wildman–Crippen LogP) is -0.0571. The summed E-state index contributed by atoms with van der Waals surface area (Å²) in [7, 11) is 0. The van der Waals surface area contributed by atoms with Gasteiger partial charge in [-0.1, -0.05) is 0 Å². The highest BCUT2D eigenvalue weighted by molar-refractivity contribution is 5.92. The van der Waals surface area contributed by atoms with E-state index in [1.165, 1.54) is 0 Å². The summed E-state index contributed by atoms with van der Waals surface area (Å²) >= 11 is 0. The van der Waals surface area contributed by atoms with Crippen LogP contribution in [-0.2, 0) is 42.9 Å². The fourth-order valence-electron chi connectivity index (χ4n) is 4.71. The van der Waals surface area contributed by atoms with E-state index in [2.05, 4.69) is 26.0 Å². The molecule has 0 saturated heterocycles. The van der Waals surface area contributed by atoms with Crippen molar-refractivity contribution in [3.8, 4) is 5.75 Å². The number of hydrogen-bond donors (Lipinski definition) is 7. The Morgan fingerprint density at radius 2 is 0.947 bits per heavy atom. The van der Waals surface area contributed by atoms with Crippen LogP contribution in [0.5, 0.6) is 5.75 Å². The summed E-state index contributed by atoms with van der Waals surface area (Å²) < 4.78 is 92.2. The lowest BCUT2D eigenvalue weighted by Crippen LogP contribution is -2.52. The number of halogens is 5. The van der Waals surface area contributed by atoms with Crippen molar-refractivity contribution in [3.63, 3.8) is 0 Å². The summed E-state index contributed by atoms with van der Waals surface area (Å²) in [5.41, 5.74) is 16.6. The maximum Gasteiger partial charge on any atom is 0.313 e. The number of benzene rings is 1. The van der Waals surface area contributed by atoms with Crippen molar-refractivity contribution in [2.45, 2.75) is 69.9 Å². The zero-order valence-electron chi connectivity index (χ0n) is 31.9. The summed E-state index contributed by atoms with van der Waals surface area (Å²) in [5, 5.41) is 10.5. The van der Waals surface area contributed by atoms with Gasteiger partial charge in [0.2, 0.25) is 58.5 Å². The standard InChI is InChI=1S/C35H56F5N7O10/c36-28-29(37)31(39)33(32(40)30(28)38)57-27(50)9-14-53-16-18-55-20-21-56-19-17-54-15-13-44-34(51)23(6-1-3-10-41)47-26(49)22-45-35(52)24(7-2-4-11-42)46-25(48)8-5-12-43/h23-24H,1-22,41-43H2,(H,44,51)(H,45,52)(H,46,48)(H,47,49)/t23-,24-/m0/s1. The molecule has 0 aromatic heterocycles. The molecule has 0 aliphatic rings. The molecule has 0 unspecified atom stereocenters. The van der Waals surface area contributed by atoms with Crippen LogP contribution in [0.3, 0.4) is 0 Å². The molecule has 326 valence electrons. The number of unbranched alkanes of at least 4 members (excludes halogenated alkanes) is 2. The summed E-state index contributed by atoms with van der Waals surface area (Å²) in [6.07, 6.45) is 3.22. The molecule has 0 heterocycles. The minimum Gasteiger partial charge on any atom is -0.420 e. The molecule has 0 aliphatic carbocycles. The normalized spacial score (nSPS) is 12.1. The molecule has 0 bridgehead atoms. The molecular formula is C35H56F5N7O10. The average molecular weight is 830 g/mol. The third-order valence-corrected chi connectivity index (χ3v) is 7.73. The van der Waals surface area contributed by atoms with Crippen molar-refractivity contribution in [2.75, 3.05) is 85.6 Å². The van der Waals surface area contributed by atoms with Gasteiger partial charge in [0.1, 0.15) is 12.1 Å². The molecule has 0 spiro atoms. The number of amides is 4. The van der Waals surface area contributed by atoms with E-state index in [0.717, 1.165) is 0 Å². The summed E-state index contributed by atoms with van der Waals surface area (Å²) in [6.45, 7) is 1.72. The quantitative estimate of drug-likeness (QED) is 0.0123. The van der Waals surface area contributed by atoms with Crippen LogP contribution in [0.4, 0.5) is 22.0 Å². The lowest BCUT2D eigenvalue weighted by Gasteiger charge is -2.20. The maximum absolute atomic E-state index is 13.6. The second-order valence-electron chi connectivity index (χ2n) is 12.3. The Balaban J connectivity index is 2.25. The van der Waals surface area contributed by atoms with Gasteiger partial charge in [-0.2, -0.15) is 8.78 Å². The minimum absolute atomic E-state index is 0.0201. The van der Waals surface area contributed by atoms with Gasteiger partial charge in [0.05, 0.1) is 65.8 Å². The molecular weight excluding hydrogens is 773 g/mol. The molecule has 2 atom stereocenters. The van der Waals surface area contributed by atoms with Crippen LogP contribution in [0.1, 0.15) is 57.8 Å². The first-order valence-corrected chi connectivity index (χ1v) is 18.6. The fourth-order valence-corrected chi connectivity index (χ4v) is 4.71. The number of nitrogens with one attached hydrogen (secondary N) is 4. The molecule has 0 radical (unpaired) electrons. The molecule has 57 heavy (non-hydrogen) atoms. The Labute approximate surface area is 327 Å². The number of rotatable bonds is 33. The maximum atomic E-state index is 13.6. The molecule has 1 rings (SSSR count). The lowest BCUT2D eigenvalue weighted by atomic mass is 10.1. The second-order valence-corrected chi connectivity index (χ2v) is 12.3. The molecule has 0 saturated carbocycles. The van der Waals surface area contributed by atoms with E-state index >= 15 is 0 Å². The monoisotopic (exact) mass is 829 g/mol. The SMILES string of the molecule is NCCCC[C@H](NC(=O)CCCN)C(=O)NCC(=O)N[C@@H](CCCCN)C(=O)NCCOCCOCCOCCOCCC(=O)Oc1c(F)c(F)c(F)c(F)c1F. The van der Waals surface area contributed by atoms with Crippen molar-refractivity contribution < 1.29 is 69.6 Å². The minimum atomic E-state index is -2.37. The van der Waals surface area contributed by atoms with Crippen molar-refractivity contribution in [1.82, 2.24) is 21.3 Å². The van der Waals surface area contributed by atoms with Gasteiger partial charge in [-0.3, -0.25) is 24.0 Å². The van der Waals surface area contributed by atoms with Crippen molar-refractivity contribution in [3.05, 3.63) is 29.1 Å². The molecule has 0 aliphatic heterocycles. The van der Waals surface area contributed by atoms with Crippen molar-refractivity contribution >= 4 is 29.6 Å². The van der Waals surface area contributed by atoms with Crippen LogP contribution < -0.4 is 43.2 Å². The molecule has 10 N–H and O–H groups in total. The molecule has 17 nitrogen and oxygen atoms in total. The molecule has 1 aromatic rings.